The monoisotopic (exact) mass is 372 g/mol. The van der Waals surface area contributed by atoms with E-state index in [1.165, 1.54) is 24.3 Å². The SMILES string of the molecule is C=C/C=C(\N=C)C(=O)Nc1ccc(N2C(=O)NC3(CCC3)C2=O)c(Cl)c1. The first-order valence-corrected chi connectivity index (χ1v) is 8.37. The van der Waals surface area contributed by atoms with Gasteiger partial charge in [0.2, 0.25) is 0 Å². The average Bonchev–Trinajstić information content (AvgIpc) is 2.84. The molecular weight excluding hydrogens is 356 g/mol. The van der Waals surface area contributed by atoms with E-state index in [2.05, 4.69) is 28.9 Å². The minimum atomic E-state index is -0.784. The van der Waals surface area contributed by atoms with Gasteiger partial charge < -0.3 is 10.6 Å². The first-order chi connectivity index (χ1) is 12.4. The number of hydrogen-bond donors (Lipinski definition) is 2. The molecule has 2 aliphatic rings. The Morgan fingerprint density at radius 3 is 2.62 bits per heavy atom. The lowest BCUT2D eigenvalue weighted by atomic mass is 9.77. The quantitative estimate of drug-likeness (QED) is 0.360. The molecule has 0 radical (unpaired) electrons. The molecule has 0 atom stereocenters. The molecule has 1 aliphatic heterocycles. The van der Waals surface area contributed by atoms with Crippen molar-refractivity contribution in [3.05, 3.63) is 47.6 Å². The summed E-state index contributed by atoms with van der Waals surface area (Å²) >= 11 is 6.26. The van der Waals surface area contributed by atoms with Gasteiger partial charge in [0.15, 0.2) is 0 Å². The summed E-state index contributed by atoms with van der Waals surface area (Å²) in [5, 5.41) is 5.54. The van der Waals surface area contributed by atoms with Gasteiger partial charge >= 0.3 is 6.03 Å². The number of nitrogens with zero attached hydrogens (tertiary/aromatic N) is 2. The molecule has 1 aromatic rings. The topological polar surface area (TPSA) is 90.9 Å². The number of allylic oxidation sites excluding steroid dienone is 2. The molecule has 4 amide bonds. The van der Waals surface area contributed by atoms with Gasteiger partial charge in [-0.3, -0.25) is 14.6 Å². The Labute approximate surface area is 155 Å². The summed E-state index contributed by atoms with van der Waals surface area (Å²) in [6.45, 7) is 6.83. The smallest absolute Gasteiger partial charge is 0.323 e. The van der Waals surface area contributed by atoms with E-state index in [1.54, 1.807) is 6.07 Å². The fourth-order valence-electron chi connectivity index (χ4n) is 2.98. The first kappa shape index (κ1) is 17.9. The fraction of sp³-hybridized carbons (Fsp3) is 0.222. The molecule has 134 valence electrons. The van der Waals surface area contributed by atoms with E-state index in [-0.39, 0.29) is 22.3 Å². The summed E-state index contributed by atoms with van der Waals surface area (Å²) in [5.74, 6) is -0.772. The van der Waals surface area contributed by atoms with Gasteiger partial charge in [-0.1, -0.05) is 24.3 Å². The van der Waals surface area contributed by atoms with Gasteiger partial charge in [0.1, 0.15) is 11.2 Å². The zero-order valence-corrected chi connectivity index (χ0v) is 14.7. The van der Waals surface area contributed by atoms with Crippen LogP contribution in [0.15, 0.2) is 47.6 Å². The van der Waals surface area contributed by atoms with Gasteiger partial charge in [-0.25, -0.2) is 9.69 Å². The van der Waals surface area contributed by atoms with Gasteiger partial charge in [-0.2, -0.15) is 0 Å². The molecule has 26 heavy (non-hydrogen) atoms. The van der Waals surface area contributed by atoms with E-state index in [0.717, 1.165) is 11.3 Å². The van der Waals surface area contributed by atoms with Crippen LogP contribution in [0.3, 0.4) is 0 Å². The normalized spacial score (nSPS) is 18.3. The minimum absolute atomic E-state index is 0.0984. The van der Waals surface area contributed by atoms with E-state index in [0.29, 0.717) is 18.5 Å². The Morgan fingerprint density at radius 2 is 2.12 bits per heavy atom. The van der Waals surface area contributed by atoms with Crippen LogP contribution in [-0.2, 0) is 9.59 Å². The lowest BCUT2D eigenvalue weighted by Crippen LogP contribution is -2.52. The van der Waals surface area contributed by atoms with Crippen LogP contribution in [0.2, 0.25) is 5.02 Å². The second-order valence-corrected chi connectivity index (χ2v) is 6.48. The van der Waals surface area contributed by atoms with E-state index in [4.69, 9.17) is 11.6 Å². The summed E-state index contributed by atoms with van der Waals surface area (Å²) in [6, 6.07) is 4.06. The molecule has 8 heteroatoms. The van der Waals surface area contributed by atoms with Crippen molar-refractivity contribution in [1.82, 2.24) is 5.32 Å². The number of hydrogen-bond acceptors (Lipinski definition) is 4. The van der Waals surface area contributed by atoms with Crippen LogP contribution in [0.1, 0.15) is 19.3 Å². The number of aliphatic imine (C=N–C) groups is 1. The predicted octanol–water partition coefficient (Wildman–Crippen LogP) is 3.03. The number of halogens is 1. The Hall–Kier alpha value is -2.93. The summed E-state index contributed by atoms with van der Waals surface area (Å²) in [7, 11) is 0. The van der Waals surface area contributed by atoms with Crippen molar-refractivity contribution >= 4 is 47.5 Å². The van der Waals surface area contributed by atoms with E-state index in [1.807, 2.05) is 0 Å². The molecule has 0 bridgehead atoms. The van der Waals surface area contributed by atoms with Gasteiger partial charge in [0.05, 0.1) is 10.7 Å². The molecule has 0 aromatic heterocycles. The predicted molar refractivity (Wildman–Crippen MR) is 101 cm³/mol. The Kier molecular flexibility index (Phi) is 4.65. The lowest BCUT2D eigenvalue weighted by molar-refractivity contribution is -0.124. The second-order valence-electron chi connectivity index (χ2n) is 6.07. The fourth-order valence-corrected chi connectivity index (χ4v) is 3.25. The van der Waals surface area contributed by atoms with Crippen LogP contribution >= 0.6 is 11.6 Å². The number of carbonyl (C=O) groups excluding carboxylic acids is 3. The highest BCUT2D eigenvalue weighted by molar-refractivity contribution is 6.36. The minimum Gasteiger partial charge on any atom is -0.323 e. The van der Waals surface area contributed by atoms with Crippen molar-refractivity contribution in [3.63, 3.8) is 0 Å². The van der Waals surface area contributed by atoms with Crippen molar-refractivity contribution in [2.24, 2.45) is 4.99 Å². The number of urea groups is 1. The summed E-state index contributed by atoms with van der Waals surface area (Å²) < 4.78 is 0. The van der Waals surface area contributed by atoms with Crippen LogP contribution in [0.5, 0.6) is 0 Å². The zero-order valence-electron chi connectivity index (χ0n) is 13.9. The Morgan fingerprint density at radius 1 is 1.38 bits per heavy atom. The van der Waals surface area contributed by atoms with Gasteiger partial charge in [0, 0.05) is 5.69 Å². The van der Waals surface area contributed by atoms with Gasteiger partial charge in [-0.05, 0) is 50.3 Å². The number of anilines is 2. The van der Waals surface area contributed by atoms with Crippen LogP contribution in [-0.4, -0.2) is 30.1 Å². The lowest BCUT2D eigenvalue weighted by Gasteiger charge is -2.34. The molecule has 7 nitrogen and oxygen atoms in total. The Bertz CT molecular complexity index is 858. The molecular formula is C18H17ClN4O3. The highest BCUT2D eigenvalue weighted by Gasteiger charge is 2.55. The highest BCUT2D eigenvalue weighted by Crippen LogP contribution is 2.41. The van der Waals surface area contributed by atoms with E-state index >= 15 is 0 Å². The summed E-state index contributed by atoms with van der Waals surface area (Å²) in [5.41, 5.74) is -0.0125. The maximum Gasteiger partial charge on any atom is 0.329 e. The number of rotatable bonds is 5. The Balaban J connectivity index is 1.82. The molecule has 1 aromatic carbocycles. The third-order valence-electron chi connectivity index (χ3n) is 4.49. The maximum absolute atomic E-state index is 12.6. The first-order valence-electron chi connectivity index (χ1n) is 7.99. The van der Waals surface area contributed by atoms with Crippen molar-refractivity contribution < 1.29 is 14.4 Å². The molecule has 1 spiro atoms. The summed E-state index contributed by atoms with van der Waals surface area (Å²) in [6.07, 6.45) is 5.01. The maximum atomic E-state index is 12.6. The molecule has 1 saturated carbocycles. The van der Waals surface area contributed by atoms with E-state index in [9.17, 15) is 14.4 Å². The zero-order chi connectivity index (χ0) is 18.9. The number of carbonyl (C=O) groups is 3. The van der Waals surface area contributed by atoms with Crippen molar-refractivity contribution in [2.45, 2.75) is 24.8 Å². The van der Waals surface area contributed by atoms with Crippen LogP contribution < -0.4 is 15.5 Å². The number of imide groups is 1. The molecule has 1 aliphatic carbocycles. The van der Waals surface area contributed by atoms with Crippen molar-refractivity contribution in [1.29, 1.82) is 0 Å². The largest absolute Gasteiger partial charge is 0.329 e. The molecule has 3 rings (SSSR count). The van der Waals surface area contributed by atoms with Crippen molar-refractivity contribution in [3.8, 4) is 0 Å². The van der Waals surface area contributed by atoms with Gasteiger partial charge in [0.25, 0.3) is 11.8 Å². The molecule has 1 heterocycles. The standard InChI is InChI=1S/C18H17ClN4O3/c1-3-5-13(20-2)15(24)21-11-6-7-14(12(19)10-11)23-16(25)18(8-4-9-18)22-17(23)26/h3,5-7,10H,1-2,4,8-9H2,(H,21,24)(H,22,26)/b13-5-. The van der Waals surface area contributed by atoms with Crippen LogP contribution in [0.25, 0.3) is 0 Å². The molecule has 2 fully saturated rings. The van der Waals surface area contributed by atoms with Crippen LogP contribution in [0, 0.1) is 0 Å². The summed E-state index contributed by atoms with van der Waals surface area (Å²) in [4.78, 5) is 41.6. The third-order valence-corrected chi connectivity index (χ3v) is 4.80. The third kappa shape index (κ3) is 2.90. The number of amides is 4. The van der Waals surface area contributed by atoms with Crippen molar-refractivity contribution in [2.75, 3.05) is 10.2 Å². The van der Waals surface area contributed by atoms with Crippen LogP contribution in [0.4, 0.5) is 16.2 Å². The molecule has 2 N–H and O–H groups in total. The number of nitrogens with one attached hydrogen (secondary N) is 2. The average molecular weight is 373 g/mol. The highest BCUT2D eigenvalue weighted by atomic mass is 35.5. The number of benzene rings is 1. The molecule has 1 saturated heterocycles. The molecule has 0 unspecified atom stereocenters. The second kappa shape index (κ2) is 6.76. The van der Waals surface area contributed by atoms with Gasteiger partial charge in [-0.15, -0.1) is 0 Å². The van der Waals surface area contributed by atoms with E-state index < -0.39 is 17.5 Å².